The van der Waals surface area contributed by atoms with Gasteiger partial charge in [-0.25, -0.2) is 16.8 Å². The molecule has 16 nitrogen and oxygen atoms in total. The van der Waals surface area contributed by atoms with Crippen LogP contribution in [0.1, 0.15) is 29.2 Å². The fraction of sp³-hybridized carbons (Fsp3) is 0.0857. The van der Waals surface area contributed by atoms with E-state index in [2.05, 4.69) is 25.8 Å². The number of hydrogen-bond acceptors (Lipinski definition) is 14. The summed E-state index contributed by atoms with van der Waals surface area (Å²) in [6.07, 6.45) is 6.93. The number of nitrogens with zero attached hydrogens (tertiary/aromatic N) is 3. The second-order valence-corrected chi connectivity index (χ2v) is 15.3. The van der Waals surface area contributed by atoms with Gasteiger partial charge in [0.25, 0.3) is 5.69 Å². The molecule has 0 radical (unpaired) electrons. The van der Waals surface area contributed by atoms with Crippen molar-refractivity contribution in [3.63, 3.8) is 0 Å². The number of sulfonamides is 1. The van der Waals surface area contributed by atoms with Gasteiger partial charge in [0.2, 0.25) is 21.6 Å². The van der Waals surface area contributed by atoms with Gasteiger partial charge in [-0.05, 0) is 53.6 Å². The summed E-state index contributed by atoms with van der Waals surface area (Å²) in [5.74, 6) is -1.47. The van der Waals surface area contributed by atoms with E-state index in [1.54, 1.807) is 30.3 Å². The number of hydrazone groups is 2. The van der Waals surface area contributed by atoms with E-state index < -0.39 is 30.6 Å². The van der Waals surface area contributed by atoms with Gasteiger partial charge < -0.3 is 10.2 Å². The molecule has 0 atom stereocenters. The van der Waals surface area contributed by atoms with E-state index in [1.165, 1.54) is 61.5 Å². The van der Waals surface area contributed by atoms with E-state index in [1.807, 2.05) is 12.1 Å². The van der Waals surface area contributed by atoms with Gasteiger partial charge in [0.05, 0.1) is 45.0 Å². The number of carbonyl (C=O) groups is 2. The third-order valence-corrected chi connectivity index (χ3v) is 9.94. The quantitative estimate of drug-likeness (QED) is 0.0700. The molecule has 2 aliphatic carbocycles. The summed E-state index contributed by atoms with van der Waals surface area (Å²) in [5, 5.41) is 38.6. The Kier molecular flexibility index (Phi) is 14.9. The maximum absolute atomic E-state index is 12.5. The van der Waals surface area contributed by atoms with E-state index in [4.69, 9.17) is 0 Å². The van der Waals surface area contributed by atoms with Crippen molar-refractivity contribution in [3.8, 4) is 11.5 Å². The molecule has 2 aliphatic rings. The van der Waals surface area contributed by atoms with Crippen molar-refractivity contribution in [1.82, 2.24) is 0 Å². The Labute approximate surface area is 348 Å². The molecule has 0 aromatic heterocycles. The SMILES string of the molecule is CCS(=O)(=O)c1ccc(O)c(N/N=C2\C(=O)C=Cc3cccc(NS(C)(=O)=O)c32)c1.O=C1C=Cc2ccccc2/C1=N/Nc1ccc([N+](=O)[O-])cc1O.[Cr].[Na+]. The summed E-state index contributed by atoms with van der Waals surface area (Å²) in [4.78, 5) is 34.5. The first-order valence-corrected chi connectivity index (χ1v) is 19.0. The number of phenols is 2. The fourth-order valence-corrected chi connectivity index (χ4v) is 6.49. The minimum absolute atomic E-state index is 0. The Morgan fingerprint density at radius 1 is 0.727 bits per heavy atom. The largest absolute Gasteiger partial charge is 1.00 e. The molecular formula is C35H30CrN6NaO10S2+. The molecule has 5 N–H and O–H groups in total. The summed E-state index contributed by atoms with van der Waals surface area (Å²) in [6.45, 7) is 1.50. The average Bonchev–Trinajstić information content (AvgIpc) is 3.11. The zero-order chi connectivity index (χ0) is 38.5. The minimum Gasteiger partial charge on any atom is -0.506 e. The molecule has 6 rings (SSSR count). The summed E-state index contributed by atoms with van der Waals surface area (Å²) in [6, 6.07) is 19.3. The van der Waals surface area contributed by atoms with Gasteiger partial charge in [0.15, 0.2) is 9.84 Å². The van der Waals surface area contributed by atoms with Crippen molar-refractivity contribution in [2.45, 2.75) is 11.8 Å². The first kappa shape index (κ1) is 44.3. The van der Waals surface area contributed by atoms with E-state index in [9.17, 15) is 46.8 Å². The summed E-state index contributed by atoms with van der Waals surface area (Å²) in [7, 11) is -7.14. The van der Waals surface area contributed by atoms with Crippen LogP contribution in [0.4, 0.5) is 22.7 Å². The molecular weight excluding hydrogens is 804 g/mol. The van der Waals surface area contributed by atoms with Crippen LogP contribution in [-0.2, 0) is 46.8 Å². The molecule has 4 aromatic carbocycles. The van der Waals surface area contributed by atoms with Crippen molar-refractivity contribution in [1.29, 1.82) is 0 Å². The molecule has 0 saturated heterocycles. The number of carbonyl (C=O) groups excluding carboxylic acids is 2. The standard InChI is InChI=1S/C19H19N3O6S2.C16H11N3O4.Cr.Na/c1-3-30(27,28)13-8-10-16(23)15(11-13)20-21-19-17(24)9-7-12-5-4-6-14(18(12)19)22-29(2,25)26;20-14-8-5-10-3-1-2-4-12(10)16(14)18-17-13-7-6-11(19(22)23)9-15(13)21;;/h4-11,20,22-23H,3H2,1-2H3;1-9,17,21H;;/q;;;+1/b21-19+;18-16-;;. The Morgan fingerprint density at radius 2 is 1.35 bits per heavy atom. The van der Waals surface area contributed by atoms with Gasteiger partial charge in [0.1, 0.15) is 22.9 Å². The molecule has 0 bridgehead atoms. The average molecular weight is 834 g/mol. The van der Waals surface area contributed by atoms with Gasteiger partial charge in [-0.3, -0.25) is 35.3 Å². The van der Waals surface area contributed by atoms with Gasteiger partial charge in [-0.2, -0.15) is 10.2 Å². The third-order valence-electron chi connectivity index (χ3n) is 7.62. The molecule has 0 aliphatic heterocycles. The zero-order valence-electron chi connectivity index (χ0n) is 29.2. The number of phenolic OH excluding ortho intramolecular Hbond substituents is 2. The number of anilines is 3. The zero-order valence-corrected chi connectivity index (χ0v) is 34.2. The minimum atomic E-state index is -3.62. The molecule has 0 unspecified atom stereocenters. The van der Waals surface area contributed by atoms with Gasteiger partial charge in [-0.15, -0.1) is 0 Å². The molecule has 0 spiro atoms. The van der Waals surface area contributed by atoms with Crippen molar-refractivity contribution in [3.05, 3.63) is 123 Å². The molecule has 0 heterocycles. The van der Waals surface area contributed by atoms with Crippen LogP contribution in [0.2, 0.25) is 0 Å². The third kappa shape index (κ3) is 10.8. The molecule has 55 heavy (non-hydrogen) atoms. The number of rotatable bonds is 9. The number of nitrogens with one attached hydrogen (secondary N) is 3. The number of aromatic hydroxyl groups is 2. The second kappa shape index (κ2) is 18.5. The first-order valence-electron chi connectivity index (χ1n) is 15.4. The van der Waals surface area contributed by atoms with Crippen molar-refractivity contribution >= 4 is 77.8 Å². The second-order valence-electron chi connectivity index (χ2n) is 11.3. The monoisotopic (exact) mass is 833 g/mol. The first-order chi connectivity index (χ1) is 25.1. The maximum Gasteiger partial charge on any atom is 1.00 e. The number of non-ortho nitro benzene ring substituents is 1. The number of hydrogen-bond donors (Lipinski definition) is 5. The molecule has 0 amide bonds. The van der Waals surface area contributed by atoms with Crippen LogP contribution >= 0.6 is 0 Å². The topological polar surface area (TPSA) is 247 Å². The van der Waals surface area contributed by atoms with Crippen LogP contribution in [0, 0.1) is 10.1 Å². The molecule has 0 saturated carbocycles. The summed E-state index contributed by atoms with van der Waals surface area (Å²) < 4.78 is 49.9. The van der Waals surface area contributed by atoms with Crippen LogP contribution in [0.5, 0.6) is 11.5 Å². The number of fused-ring (bicyclic) bond motifs is 2. The van der Waals surface area contributed by atoms with E-state index in [0.29, 0.717) is 11.1 Å². The van der Waals surface area contributed by atoms with Crippen molar-refractivity contribution in [2.24, 2.45) is 10.2 Å². The van der Waals surface area contributed by atoms with E-state index in [0.717, 1.165) is 17.9 Å². The fourth-order valence-electron chi connectivity index (χ4n) is 5.01. The van der Waals surface area contributed by atoms with Crippen LogP contribution in [-0.4, -0.2) is 67.0 Å². The Bertz CT molecular complexity index is 2520. The molecule has 4 aromatic rings. The number of allylic oxidation sites excluding steroid dienone is 2. The van der Waals surface area contributed by atoms with Gasteiger partial charge >= 0.3 is 29.6 Å². The molecule has 20 heteroatoms. The Hall–Kier alpha value is -5.13. The Morgan fingerprint density at radius 3 is 2.00 bits per heavy atom. The number of ketones is 2. The van der Waals surface area contributed by atoms with E-state index >= 15 is 0 Å². The summed E-state index contributed by atoms with van der Waals surface area (Å²) in [5.41, 5.74) is 7.67. The normalized spacial score (nSPS) is 14.4. The summed E-state index contributed by atoms with van der Waals surface area (Å²) >= 11 is 0. The number of benzene rings is 4. The van der Waals surface area contributed by atoms with Crippen molar-refractivity contribution < 1.29 is 88.5 Å². The number of sulfone groups is 1. The molecule has 278 valence electrons. The molecule has 0 fully saturated rings. The van der Waals surface area contributed by atoms with Crippen LogP contribution < -0.4 is 45.1 Å². The van der Waals surface area contributed by atoms with Crippen LogP contribution in [0.3, 0.4) is 0 Å². The number of nitro groups is 1. The predicted molar refractivity (Wildman–Crippen MR) is 200 cm³/mol. The maximum atomic E-state index is 12.5. The van der Waals surface area contributed by atoms with Crippen molar-refractivity contribution in [2.75, 3.05) is 27.6 Å². The van der Waals surface area contributed by atoms with Crippen LogP contribution in [0.15, 0.2) is 106 Å². The number of nitro benzene ring substituents is 1. The smallest absolute Gasteiger partial charge is 0.506 e. The van der Waals surface area contributed by atoms with E-state index in [-0.39, 0.29) is 115 Å². The van der Waals surface area contributed by atoms with Crippen LogP contribution in [0.25, 0.3) is 12.2 Å². The predicted octanol–water partition coefficient (Wildman–Crippen LogP) is 1.68. The Balaban J connectivity index is 0.000000294. The van der Waals surface area contributed by atoms with Gasteiger partial charge in [-0.1, -0.05) is 55.5 Å². The van der Waals surface area contributed by atoms with Gasteiger partial charge in [0, 0.05) is 34.6 Å².